The van der Waals surface area contributed by atoms with E-state index in [-0.39, 0.29) is 0 Å². The van der Waals surface area contributed by atoms with Crippen molar-refractivity contribution < 1.29 is 0 Å². The summed E-state index contributed by atoms with van der Waals surface area (Å²) >= 11 is 3.45. The molecule has 0 bridgehead atoms. The topological polar surface area (TPSA) is 24.9 Å². The number of aromatic nitrogens is 1. The molecule has 21 heavy (non-hydrogen) atoms. The zero-order chi connectivity index (χ0) is 14.7. The number of nitrogens with one attached hydrogen (secondary N) is 1. The van der Waals surface area contributed by atoms with Gasteiger partial charge in [-0.05, 0) is 59.8 Å². The van der Waals surface area contributed by atoms with Crippen molar-refractivity contribution in [2.24, 2.45) is 0 Å². The third-order valence-corrected chi connectivity index (χ3v) is 4.49. The monoisotopic (exact) mass is 344 g/mol. The van der Waals surface area contributed by atoms with Crippen molar-refractivity contribution in [3.8, 4) is 0 Å². The lowest BCUT2D eigenvalue weighted by Crippen LogP contribution is -2.25. The van der Waals surface area contributed by atoms with Gasteiger partial charge in [0.15, 0.2) is 0 Å². The largest absolute Gasteiger partial charge is 0.313 e. The molecule has 3 rings (SSSR count). The van der Waals surface area contributed by atoms with Crippen molar-refractivity contribution in [3.05, 3.63) is 63.9 Å². The van der Waals surface area contributed by atoms with Crippen LogP contribution in [0.1, 0.15) is 35.6 Å². The summed E-state index contributed by atoms with van der Waals surface area (Å²) in [6, 6.07) is 13.9. The van der Waals surface area contributed by atoms with Gasteiger partial charge in [0, 0.05) is 34.9 Å². The summed E-state index contributed by atoms with van der Waals surface area (Å²) in [5, 5.41) is 3.66. The van der Waals surface area contributed by atoms with Gasteiger partial charge in [-0.1, -0.05) is 29.8 Å². The normalized spacial score (nSPS) is 15.9. The van der Waals surface area contributed by atoms with Crippen molar-refractivity contribution in [3.63, 3.8) is 0 Å². The van der Waals surface area contributed by atoms with Crippen molar-refractivity contribution >= 4 is 15.9 Å². The average Bonchev–Trinajstić information content (AvgIpc) is 3.31. The number of halogens is 1. The molecule has 1 saturated carbocycles. The van der Waals surface area contributed by atoms with Gasteiger partial charge in [-0.15, -0.1) is 0 Å². The second kappa shape index (κ2) is 6.71. The first-order valence-corrected chi connectivity index (χ1v) is 8.40. The molecule has 110 valence electrons. The van der Waals surface area contributed by atoms with Crippen molar-refractivity contribution in [1.29, 1.82) is 0 Å². The SMILES string of the molecule is Cc1ccc(C(CNC2CC2)Cc2ccc(Br)cn2)cc1. The van der Waals surface area contributed by atoms with Gasteiger partial charge >= 0.3 is 0 Å². The summed E-state index contributed by atoms with van der Waals surface area (Å²) in [6.07, 6.45) is 5.53. The molecule has 0 amide bonds. The van der Waals surface area contributed by atoms with E-state index in [9.17, 15) is 0 Å². The predicted molar refractivity (Wildman–Crippen MR) is 90.6 cm³/mol. The quantitative estimate of drug-likeness (QED) is 0.847. The fraction of sp³-hybridized carbons (Fsp3) is 0.389. The molecule has 1 atom stereocenters. The minimum atomic E-state index is 0.486. The molecule has 1 unspecified atom stereocenters. The Morgan fingerprint density at radius 3 is 2.57 bits per heavy atom. The fourth-order valence-corrected chi connectivity index (χ4v) is 2.76. The Bertz CT molecular complexity index is 573. The van der Waals surface area contributed by atoms with Gasteiger partial charge in [0.05, 0.1) is 0 Å². The van der Waals surface area contributed by atoms with Crippen LogP contribution in [-0.2, 0) is 6.42 Å². The van der Waals surface area contributed by atoms with E-state index in [4.69, 9.17) is 0 Å². The molecule has 1 aromatic carbocycles. The van der Waals surface area contributed by atoms with Gasteiger partial charge in [-0.25, -0.2) is 0 Å². The van der Waals surface area contributed by atoms with Gasteiger partial charge < -0.3 is 5.32 Å². The number of aryl methyl sites for hydroxylation is 1. The number of hydrogen-bond acceptors (Lipinski definition) is 2. The van der Waals surface area contributed by atoms with Crippen molar-refractivity contribution in [2.45, 2.75) is 38.1 Å². The Labute approximate surface area is 135 Å². The second-order valence-electron chi connectivity index (χ2n) is 5.96. The highest BCUT2D eigenvalue weighted by molar-refractivity contribution is 9.10. The van der Waals surface area contributed by atoms with Crippen LogP contribution < -0.4 is 5.32 Å². The molecule has 2 aromatic rings. The number of pyridine rings is 1. The highest BCUT2D eigenvalue weighted by Crippen LogP contribution is 2.24. The van der Waals surface area contributed by atoms with Crippen LogP contribution in [-0.4, -0.2) is 17.6 Å². The summed E-state index contributed by atoms with van der Waals surface area (Å²) in [5.74, 6) is 0.486. The van der Waals surface area contributed by atoms with Crippen LogP contribution in [0.3, 0.4) is 0 Å². The lowest BCUT2D eigenvalue weighted by Gasteiger charge is -2.18. The first-order chi connectivity index (χ1) is 10.2. The number of rotatable bonds is 6. The van der Waals surface area contributed by atoms with Gasteiger partial charge in [0.2, 0.25) is 0 Å². The molecular weight excluding hydrogens is 324 g/mol. The van der Waals surface area contributed by atoms with E-state index in [1.54, 1.807) is 0 Å². The lowest BCUT2D eigenvalue weighted by atomic mass is 9.93. The summed E-state index contributed by atoms with van der Waals surface area (Å²) in [4.78, 5) is 4.53. The molecular formula is C18H21BrN2. The summed E-state index contributed by atoms with van der Waals surface area (Å²) in [7, 11) is 0. The molecule has 1 heterocycles. The Morgan fingerprint density at radius 1 is 1.19 bits per heavy atom. The van der Waals surface area contributed by atoms with E-state index in [0.29, 0.717) is 5.92 Å². The molecule has 1 aromatic heterocycles. The molecule has 2 nitrogen and oxygen atoms in total. The van der Waals surface area contributed by atoms with E-state index >= 15 is 0 Å². The predicted octanol–water partition coefficient (Wildman–Crippen LogP) is 4.23. The zero-order valence-electron chi connectivity index (χ0n) is 12.3. The second-order valence-corrected chi connectivity index (χ2v) is 6.88. The first-order valence-electron chi connectivity index (χ1n) is 7.61. The van der Waals surface area contributed by atoms with Gasteiger partial charge in [-0.2, -0.15) is 0 Å². The number of nitrogens with zero attached hydrogens (tertiary/aromatic N) is 1. The Balaban J connectivity index is 1.73. The van der Waals surface area contributed by atoms with E-state index < -0.39 is 0 Å². The maximum absolute atomic E-state index is 4.53. The maximum atomic E-state index is 4.53. The standard InChI is InChI=1S/C18H21BrN2/c1-13-2-4-14(5-3-13)15(11-20-17-8-9-17)10-18-7-6-16(19)12-21-18/h2-7,12,15,17,20H,8-11H2,1H3. The Morgan fingerprint density at radius 2 is 1.95 bits per heavy atom. The van der Waals surface area contributed by atoms with E-state index in [1.165, 1.54) is 24.0 Å². The van der Waals surface area contributed by atoms with Crippen LogP contribution in [0.2, 0.25) is 0 Å². The van der Waals surface area contributed by atoms with Gasteiger partial charge in [0.1, 0.15) is 0 Å². The fourth-order valence-electron chi connectivity index (χ4n) is 2.52. The highest BCUT2D eigenvalue weighted by atomic mass is 79.9. The Hall–Kier alpha value is -1.19. The van der Waals surface area contributed by atoms with Crippen LogP contribution in [0.15, 0.2) is 47.1 Å². The van der Waals surface area contributed by atoms with E-state index in [0.717, 1.165) is 29.2 Å². The minimum absolute atomic E-state index is 0.486. The molecule has 0 spiro atoms. The molecule has 1 fully saturated rings. The van der Waals surface area contributed by atoms with Crippen molar-refractivity contribution in [2.75, 3.05) is 6.54 Å². The summed E-state index contributed by atoms with van der Waals surface area (Å²) < 4.78 is 1.04. The third kappa shape index (κ3) is 4.39. The highest BCUT2D eigenvalue weighted by Gasteiger charge is 2.22. The van der Waals surface area contributed by atoms with Crippen LogP contribution in [0.4, 0.5) is 0 Å². The molecule has 0 radical (unpaired) electrons. The van der Waals surface area contributed by atoms with Crippen LogP contribution in [0, 0.1) is 6.92 Å². The van der Waals surface area contributed by atoms with Crippen molar-refractivity contribution in [1.82, 2.24) is 10.3 Å². The molecule has 1 aliphatic carbocycles. The number of benzene rings is 1. The van der Waals surface area contributed by atoms with E-state index in [2.05, 4.69) is 69.6 Å². The average molecular weight is 345 g/mol. The maximum Gasteiger partial charge on any atom is 0.0413 e. The van der Waals surface area contributed by atoms with Gasteiger partial charge in [-0.3, -0.25) is 4.98 Å². The molecule has 3 heteroatoms. The molecule has 0 aliphatic heterocycles. The molecule has 1 N–H and O–H groups in total. The first kappa shape index (κ1) is 14.7. The van der Waals surface area contributed by atoms with E-state index in [1.807, 2.05) is 6.20 Å². The minimum Gasteiger partial charge on any atom is -0.313 e. The van der Waals surface area contributed by atoms with Crippen LogP contribution in [0.5, 0.6) is 0 Å². The number of hydrogen-bond donors (Lipinski definition) is 1. The van der Waals surface area contributed by atoms with Crippen LogP contribution >= 0.6 is 15.9 Å². The Kier molecular flexibility index (Phi) is 4.71. The van der Waals surface area contributed by atoms with Gasteiger partial charge in [0.25, 0.3) is 0 Å². The summed E-state index contributed by atoms with van der Waals surface area (Å²) in [6.45, 7) is 3.17. The van der Waals surface area contributed by atoms with Crippen LogP contribution in [0.25, 0.3) is 0 Å². The molecule has 1 aliphatic rings. The smallest absolute Gasteiger partial charge is 0.0413 e. The lowest BCUT2D eigenvalue weighted by molar-refractivity contribution is 0.572. The third-order valence-electron chi connectivity index (χ3n) is 4.02. The summed E-state index contributed by atoms with van der Waals surface area (Å²) in [5.41, 5.74) is 3.87. The molecule has 0 saturated heterocycles. The zero-order valence-corrected chi connectivity index (χ0v) is 13.9.